The molecule has 0 nitrogen and oxygen atoms in total. The van der Waals surface area contributed by atoms with E-state index in [1.807, 2.05) is 19.9 Å². The molecule has 0 saturated carbocycles. The molecule has 1 rings (SSSR count). The lowest BCUT2D eigenvalue weighted by atomic mass is 10.4. The van der Waals surface area contributed by atoms with Gasteiger partial charge >= 0.3 is 0 Å². The molecule has 0 atom stereocenters. The van der Waals surface area contributed by atoms with Crippen LogP contribution in [0, 0.1) is 0 Å². The summed E-state index contributed by atoms with van der Waals surface area (Å²) in [6.07, 6.45) is 0. The lowest BCUT2D eigenvalue weighted by molar-refractivity contribution is 1.50. The number of rotatable bonds is 1. The summed E-state index contributed by atoms with van der Waals surface area (Å²) in [6, 6.07) is 10.4. The van der Waals surface area contributed by atoms with Crippen LogP contribution < -0.4 is 5.30 Å². The predicted molar refractivity (Wildman–Crippen MR) is 56.1 cm³/mol. The van der Waals surface area contributed by atoms with E-state index in [4.69, 9.17) is 0 Å². The van der Waals surface area contributed by atoms with Crippen molar-refractivity contribution in [2.45, 2.75) is 20.8 Å². The molecule has 0 aliphatic heterocycles. The zero-order valence-electron chi connectivity index (χ0n) is 7.41. The van der Waals surface area contributed by atoms with Gasteiger partial charge in [-0.2, -0.15) is 0 Å². The molecule has 0 radical (unpaired) electrons. The van der Waals surface area contributed by atoms with Crippen LogP contribution in [0.4, 0.5) is 0 Å². The Morgan fingerprint density at radius 2 is 1.64 bits per heavy atom. The molecule has 60 valence electrons. The van der Waals surface area contributed by atoms with Crippen LogP contribution in [0.25, 0.3) is 0 Å². The van der Waals surface area contributed by atoms with E-state index in [0.29, 0.717) is 0 Å². The van der Waals surface area contributed by atoms with Gasteiger partial charge in [0.15, 0.2) is 0 Å². The Balaban J connectivity index is 0.000000461. The maximum Gasteiger partial charge on any atom is 0.00145 e. The molecule has 0 aliphatic carbocycles. The Bertz CT molecular complexity index is 189. The second-order valence-electron chi connectivity index (χ2n) is 1.72. The molecular weight excluding hydrogens is 151 g/mol. The highest BCUT2D eigenvalue weighted by molar-refractivity contribution is 7.47. The fourth-order valence-electron chi connectivity index (χ4n) is 0.663. The third-order valence-electron chi connectivity index (χ3n) is 1.03. The average Bonchev–Trinajstić information content (AvgIpc) is 2.11. The summed E-state index contributed by atoms with van der Waals surface area (Å²) < 4.78 is 0. The minimum Gasteiger partial charge on any atom is -0.0732 e. The summed E-state index contributed by atoms with van der Waals surface area (Å²) >= 11 is 0. The summed E-state index contributed by atoms with van der Waals surface area (Å²) in [7, 11) is 1.31. The fourth-order valence-corrected chi connectivity index (χ4v) is 1.31. The van der Waals surface area contributed by atoms with E-state index in [-0.39, 0.29) is 0 Å². The SMILES string of the molecule is CC.CC=Pc1ccccc1. The van der Waals surface area contributed by atoms with Crippen LogP contribution in [0.15, 0.2) is 30.3 Å². The van der Waals surface area contributed by atoms with E-state index < -0.39 is 0 Å². The topological polar surface area (TPSA) is 0 Å². The zero-order chi connectivity index (χ0) is 8.53. The molecule has 0 aromatic heterocycles. The van der Waals surface area contributed by atoms with Gasteiger partial charge < -0.3 is 0 Å². The molecule has 11 heavy (non-hydrogen) atoms. The van der Waals surface area contributed by atoms with Crippen molar-refractivity contribution in [3.8, 4) is 0 Å². The van der Waals surface area contributed by atoms with Crippen LogP contribution in [-0.2, 0) is 0 Å². The maximum absolute atomic E-state index is 2.13. The van der Waals surface area contributed by atoms with Gasteiger partial charge in [0.25, 0.3) is 0 Å². The summed E-state index contributed by atoms with van der Waals surface area (Å²) in [6.45, 7) is 6.06. The highest BCUT2D eigenvalue weighted by Gasteiger charge is 1.78. The monoisotopic (exact) mass is 166 g/mol. The first-order valence-corrected chi connectivity index (χ1v) is 4.93. The van der Waals surface area contributed by atoms with Gasteiger partial charge in [-0.1, -0.05) is 58.2 Å². The molecule has 0 fully saturated rings. The standard InChI is InChI=1S/C8H9P.C2H6/c1-2-9-8-6-4-3-5-7-8;1-2/h2-7H,1H3;1-2H3. The normalized spacial score (nSPS) is 9.00. The van der Waals surface area contributed by atoms with Crippen LogP contribution in [0.2, 0.25) is 0 Å². The predicted octanol–water partition coefficient (Wildman–Crippen LogP) is 3.11. The molecule has 1 heteroatoms. The molecule has 0 bridgehead atoms. The molecular formula is C10H15P. The first-order chi connectivity index (χ1) is 5.43. The van der Waals surface area contributed by atoms with E-state index in [9.17, 15) is 0 Å². The van der Waals surface area contributed by atoms with Gasteiger partial charge in [-0.15, -0.1) is 0 Å². The average molecular weight is 166 g/mol. The van der Waals surface area contributed by atoms with Crippen molar-refractivity contribution in [2.24, 2.45) is 0 Å². The summed E-state index contributed by atoms with van der Waals surface area (Å²) in [5, 5.41) is 1.36. The van der Waals surface area contributed by atoms with Crippen molar-refractivity contribution in [2.75, 3.05) is 0 Å². The van der Waals surface area contributed by atoms with Crippen LogP contribution >= 0.6 is 8.20 Å². The molecule has 0 saturated heterocycles. The van der Waals surface area contributed by atoms with E-state index in [1.165, 1.54) is 13.5 Å². The summed E-state index contributed by atoms with van der Waals surface area (Å²) in [4.78, 5) is 0. The summed E-state index contributed by atoms with van der Waals surface area (Å²) in [5.41, 5.74) is 0. The van der Waals surface area contributed by atoms with Crippen LogP contribution in [0.1, 0.15) is 20.8 Å². The van der Waals surface area contributed by atoms with Crippen LogP contribution in [0.5, 0.6) is 0 Å². The van der Waals surface area contributed by atoms with E-state index >= 15 is 0 Å². The van der Waals surface area contributed by atoms with E-state index in [0.717, 1.165) is 0 Å². The zero-order valence-corrected chi connectivity index (χ0v) is 8.31. The number of benzene rings is 1. The fraction of sp³-hybridized carbons (Fsp3) is 0.300. The third-order valence-corrected chi connectivity index (χ3v) is 1.89. The molecule has 1 aromatic carbocycles. The second-order valence-corrected chi connectivity index (χ2v) is 3.01. The largest absolute Gasteiger partial charge is 0.0732 e. The Labute approximate surface area is 71.1 Å². The smallest absolute Gasteiger partial charge is 0.00145 e. The van der Waals surface area contributed by atoms with Crippen LogP contribution in [-0.4, -0.2) is 5.80 Å². The minimum absolute atomic E-state index is 1.31. The van der Waals surface area contributed by atoms with E-state index in [1.54, 1.807) is 0 Å². The van der Waals surface area contributed by atoms with Crippen molar-refractivity contribution >= 4 is 19.3 Å². The lowest BCUT2D eigenvalue weighted by Gasteiger charge is -1.86. The second kappa shape index (κ2) is 7.50. The molecule has 0 aliphatic rings. The molecule has 0 unspecified atom stereocenters. The van der Waals surface area contributed by atoms with Gasteiger partial charge in [-0.3, -0.25) is 0 Å². The lowest BCUT2D eigenvalue weighted by Crippen LogP contribution is -1.86. The van der Waals surface area contributed by atoms with Gasteiger partial charge in [0, 0.05) is 5.30 Å². The van der Waals surface area contributed by atoms with Crippen molar-refractivity contribution in [3.63, 3.8) is 0 Å². The van der Waals surface area contributed by atoms with Gasteiger partial charge in [0.2, 0.25) is 0 Å². The van der Waals surface area contributed by atoms with Crippen molar-refractivity contribution in [1.29, 1.82) is 0 Å². The first-order valence-electron chi connectivity index (χ1n) is 3.97. The Hall–Kier alpha value is -0.610. The Morgan fingerprint density at radius 3 is 2.09 bits per heavy atom. The maximum atomic E-state index is 2.13. The summed E-state index contributed by atoms with van der Waals surface area (Å²) in [5.74, 6) is 2.13. The Morgan fingerprint density at radius 1 is 1.09 bits per heavy atom. The number of hydrogen-bond donors (Lipinski definition) is 0. The Kier molecular flexibility index (Phi) is 7.08. The minimum atomic E-state index is 1.31. The van der Waals surface area contributed by atoms with E-state index in [2.05, 4.69) is 37.0 Å². The highest BCUT2D eigenvalue weighted by Crippen LogP contribution is 1.94. The van der Waals surface area contributed by atoms with Crippen molar-refractivity contribution < 1.29 is 0 Å². The van der Waals surface area contributed by atoms with Crippen LogP contribution in [0.3, 0.4) is 0 Å². The molecule has 0 amide bonds. The quantitative estimate of drug-likeness (QED) is 0.562. The van der Waals surface area contributed by atoms with Gasteiger partial charge in [0.05, 0.1) is 0 Å². The van der Waals surface area contributed by atoms with Gasteiger partial charge in [-0.25, -0.2) is 0 Å². The van der Waals surface area contributed by atoms with Crippen molar-refractivity contribution in [1.82, 2.24) is 0 Å². The van der Waals surface area contributed by atoms with Crippen molar-refractivity contribution in [3.05, 3.63) is 30.3 Å². The molecule has 0 spiro atoms. The highest BCUT2D eigenvalue weighted by atomic mass is 31.1. The molecule has 1 aromatic rings. The molecule has 0 N–H and O–H groups in total. The van der Waals surface area contributed by atoms with Gasteiger partial charge in [-0.05, 0) is 6.92 Å². The first kappa shape index (κ1) is 10.4. The third kappa shape index (κ3) is 4.75. The molecule has 0 heterocycles. The number of hydrogen-bond acceptors (Lipinski definition) is 0. The van der Waals surface area contributed by atoms with Gasteiger partial charge in [0.1, 0.15) is 0 Å².